The Morgan fingerprint density at radius 1 is 1.33 bits per heavy atom. The molecule has 1 saturated heterocycles. The van der Waals surface area contributed by atoms with Crippen molar-refractivity contribution >= 4 is 23.3 Å². The molecule has 30 heavy (non-hydrogen) atoms. The Hall–Kier alpha value is -2.71. The Morgan fingerprint density at radius 3 is 2.77 bits per heavy atom. The second-order valence-electron chi connectivity index (χ2n) is 7.65. The molecule has 162 valence electrons. The van der Waals surface area contributed by atoms with Gasteiger partial charge in [0.1, 0.15) is 17.3 Å². The highest BCUT2D eigenvalue weighted by molar-refractivity contribution is 6.09. The Balaban J connectivity index is 1.87. The predicted octanol–water partition coefficient (Wildman–Crippen LogP) is 2.17. The lowest BCUT2D eigenvalue weighted by Crippen LogP contribution is -2.41. The molecule has 7 nitrogen and oxygen atoms in total. The molecule has 0 amide bonds. The molecule has 8 heteroatoms. The largest absolute Gasteiger partial charge is 0.404 e. The van der Waals surface area contributed by atoms with E-state index in [1.54, 1.807) is 25.4 Å². The molecule has 0 aromatic heterocycles. The summed E-state index contributed by atoms with van der Waals surface area (Å²) in [4.78, 5) is 10.5. The fraction of sp³-hybridized carbons (Fsp3) is 0.455. The van der Waals surface area contributed by atoms with Crippen molar-refractivity contribution in [1.29, 1.82) is 0 Å². The molecule has 1 fully saturated rings. The standard InChI is InChI=1S/C22H31FN6O/c1-26-13-16(12-24)15-3-4-21(19(23)11-15)28-22(25)18-14-29(2)8-5-20(18)27-17-6-9-30-10-7-17/h3-4,11-13,17,27H,5-10,14,24H2,1-2H3,(H2,25,28). The van der Waals surface area contributed by atoms with E-state index in [1.807, 2.05) is 7.05 Å². The van der Waals surface area contributed by atoms with Crippen LogP contribution in [-0.2, 0) is 4.74 Å². The third kappa shape index (κ3) is 5.46. The predicted molar refractivity (Wildman–Crippen MR) is 120 cm³/mol. The van der Waals surface area contributed by atoms with Crippen LogP contribution in [0.1, 0.15) is 24.8 Å². The van der Waals surface area contributed by atoms with Crippen LogP contribution < -0.4 is 16.8 Å². The van der Waals surface area contributed by atoms with Gasteiger partial charge in [0.15, 0.2) is 0 Å². The van der Waals surface area contributed by atoms with Crippen molar-refractivity contribution in [1.82, 2.24) is 10.2 Å². The third-order valence-electron chi connectivity index (χ3n) is 5.41. The highest BCUT2D eigenvalue weighted by Gasteiger charge is 2.23. The maximum atomic E-state index is 14.7. The molecule has 0 unspecified atom stereocenters. The second-order valence-corrected chi connectivity index (χ2v) is 7.65. The van der Waals surface area contributed by atoms with Crippen LogP contribution in [0, 0.1) is 5.82 Å². The first-order valence-electron chi connectivity index (χ1n) is 10.2. The first kappa shape index (κ1) is 22.0. The third-order valence-corrected chi connectivity index (χ3v) is 5.41. The zero-order valence-corrected chi connectivity index (χ0v) is 17.7. The summed E-state index contributed by atoms with van der Waals surface area (Å²) in [6.07, 6.45) is 5.79. The van der Waals surface area contributed by atoms with Gasteiger partial charge < -0.3 is 26.4 Å². The maximum absolute atomic E-state index is 14.7. The number of aliphatic imine (C=N–C) groups is 2. The number of rotatable bonds is 6. The minimum Gasteiger partial charge on any atom is -0.404 e. The summed E-state index contributed by atoms with van der Waals surface area (Å²) >= 11 is 0. The van der Waals surface area contributed by atoms with Crippen molar-refractivity contribution in [2.24, 2.45) is 21.5 Å². The quantitative estimate of drug-likeness (QED) is 0.489. The number of amidine groups is 1. The van der Waals surface area contributed by atoms with Gasteiger partial charge in [-0.25, -0.2) is 9.38 Å². The summed E-state index contributed by atoms with van der Waals surface area (Å²) in [5.74, 6) is -0.115. The Morgan fingerprint density at radius 2 is 2.10 bits per heavy atom. The number of hydrogen-bond donors (Lipinski definition) is 3. The fourth-order valence-electron chi connectivity index (χ4n) is 3.71. The van der Waals surface area contributed by atoms with Gasteiger partial charge in [-0.2, -0.15) is 0 Å². The van der Waals surface area contributed by atoms with Gasteiger partial charge >= 0.3 is 0 Å². The van der Waals surface area contributed by atoms with E-state index in [0.717, 1.165) is 50.3 Å². The van der Waals surface area contributed by atoms with Crippen LogP contribution in [0.5, 0.6) is 0 Å². The highest BCUT2D eigenvalue weighted by Crippen LogP contribution is 2.24. The fourth-order valence-corrected chi connectivity index (χ4v) is 3.71. The summed E-state index contributed by atoms with van der Waals surface area (Å²) in [7, 11) is 3.68. The lowest BCUT2D eigenvalue weighted by Gasteiger charge is -2.32. The molecule has 0 atom stereocenters. The molecule has 5 N–H and O–H groups in total. The van der Waals surface area contributed by atoms with Gasteiger partial charge in [0, 0.05) is 75.1 Å². The topological polar surface area (TPSA) is 101 Å². The van der Waals surface area contributed by atoms with Crippen molar-refractivity contribution in [3.05, 3.63) is 47.0 Å². The smallest absolute Gasteiger partial charge is 0.149 e. The van der Waals surface area contributed by atoms with Crippen LogP contribution in [0.4, 0.5) is 10.1 Å². The molecule has 0 spiro atoms. The lowest BCUT2D eigenvalue weighted by molar-refractivity contribution is 0.0798. The first-order chi connectivity index (χ1) is 14.5. The van der Waals surface area contributed by atoms with Gasteiger partial charge in [0.2, 0.25) is 0 Å². The molecule has 0 bridgehead atoms. The van der Waals surface area contributed by atoms with Crippen LogP contribution >= 0.6 is 0 Å². The van der Waals surface area contributed by atoms with Crippen LogP contribution in [0.25, 0.3) is 5.57 Å². The molecule has 1 aromatic rings. The van der Waals surface area contributed by atoms with Crippen molar-refractivity contribution in [2.45, 2.75) is 25.3 Å². The zero-order valence-electron chi connectivity index (χ0n) is 17.7. The Bertz CT molecular complexity index is 870. The number of hydrogen-bond acceptors (Lipinski definition) is 6. The Kier molecular flexibility index (Phi) is 7.59. The van der Waals surface area contributed by atoms with Gasteiger partial charge in [-0.3, -0.25) is 4.99 Å². The molecular weight excluding hydrogens is 383 g/mol. The summed E-state index contributed by atoms with van der Waals surface area (Å²) in [5, 5.41) is 3.64. The van der Waals surface area contributed by atoms with Gasteiger partial charge in [-0.15, -0.1) is 0 Å². The van der Waals surface area contributed by atoms with Gasteiger partial charge in [0.05, 0.1) is 0 Å². The van der Waals surface area contributed by atoms with E-state index in [9.17, 15) is 4.39 Å². The molecule has 0 radical (unpaired) electrons. The number of halogens is 1. The minimum atomic E-state index is -0.456. The highest BCUT2D eigenvalue weighted by atomic mass is 19.1. The SMILES string of the molecule is CN=CC(=CN)c1ccc(N=C(N)C2=C(NC3CCOCC3)CCN(C)C2)c(F)c1. The second kappa shape index (κ2) is 10.4. The molecule has 3 rings (SSSR count). The lowest BCUT2D eigenvalue weighted by atomic mass is 10.0. The molecular formula is C22H31FN6O. The summed E-state index contributed by atoms with van der Waals surface area (Å²) in [6.45, 7) is 3.15. The zero-order chi connectivity index (χ0) is 21.5. The minimum absolute atomic E-state index is 0.201. The number of nitrogens with one attached hydrogen (secondary N) is 1. The van der Waals surface area contributed by atoms with E-state index in [2.05, 4.69) is 20.2 Å². The van der Waals surface area contributed by atoms with E-state index in [1.165, 1.54) is 12.3 Å². The number of nitrogens with two attached hydrogens (primary N) is 2. The molecule has 0 saturated carbocycles. The summed E-state index contributed by atoms with van der Waals surface area (Å²) < 4.78 is 20.2. The number of allylic oxidation sites excluding steroid dienone is 1. The van der Waals surface area contributed by atoms with Crippen LogP contribution in [0.2, 0.25) is 0 Å². The van der Waals surface area contributed by atoms with Crippen molar-refractivity contribution < 1.29 is 9.13 Å². The van der Waals surface area contributed by atoms with E-state index < -0.39 is 5.82 Å². The molecule has 2 aliphatic heterocycles. The van der Waals surface area contributed by atoms with E-state index in [0.29, 0.717) is 29.6 Å². The summed E-state index contributed by atoms with van der Waals surface area (Å²) in [5.41, 5.74) is 15.5. The number of ether oxygens (including phenoxy) is 1. The first-order valence-corrected chi connectivity index (χ1v) is 10.2. The van der Waals surface area contributed by atoms with Crippen molar-refractivity contribution in [3.63, 3.8) is 0 Å². The normalized spacial score (nSPS) is 20.2. The number of benzene rings is 1. The molecule has 0 aliphatic carbocycles. The van der Waals surface area contributed by atoms with Crippen molar-refractivity contribution in [3.8, 4) is 0 Å². The van der Waals surface area contributed by atoms with Crippen molar-refractivity contribution in [2.75, 3.05) is 40.4 Å². The Labute approximate surface area is 177 Å². The average molecular weight is 415 g/mol. The van der Waals surface area contributed by atoms with E-state index >= 15 is 0 Å². The monoisotopic (exact) mass is 414 g/mol. The molecule has 1 aromatic carbocycles. The van der Waals surface area contributed by atoms with E-state index in [-0.39, 0.29) is 5.69 Å². The van der Waals surface area contributed by atoms with Crippen LogP contribution in [-0.4, -0.2) is 63.4 Å². The van der Waals surface area contributed by atoms with E-state index in [4.69, 9.17) is 16.2 Å². The number of likely N-dealkylation sites (N-methyl/N-ethyl adjacent to an activating group) is 1. The number of nitrogens with zero attached hydrogens (tertiary/aromatic N) is 3. The van der Waals surface area contributed by atoms with Gasteiger partial charge in [-0.05, 0) is 37.6 Å². The summed E-state index contributed by atoms with van der Waals surface area (Å²) in [6, 6.07) is 5.15. The maximum Gasteiger partial charge on any atom is 0.149 e. The van der Waals surface area contributed by atoms with Crippen LogP contribution in [0.3, 0.4) is 0 Å². The van der Waals surface area contributed by atoms with Crippen LogP contribution in [0.15, 0.2) is 45.7 Å². The molecule has 2 heterocycles. The average Bonchev–Trinajstić information content (AvgIpc) is 2.75. The van der Waals surface area contributed by atoms with Gasteiger partial charge in [-0.1, -0.05) is 6.07 Å². The van der Waals surface area contributed by atoms with Gasteiger partial charge in [0.25, 0.3) is 0 Å². The molecule has 2 aliphatic rings.